The first-order valence-corrected chi connectivity index (χ1v) is 6.62. The molecule has 0 aliphatic heterocycles. The Balaban J connectivity index is 3.09. The van der Waals surface area contributed by atoms with E-state index in [1.165, 1.54) is 0 Å². The molecule has 5 heteroatoms. The van der Waals surface area contributed by atoms with Gasteiger partial charge in [0.15, 0.2) is 0 Å². The molecule has 0 fully saturated rings. The highest BCUT2D eigenvalue weighted by Crippen LogP contribution is 2.29. The van der Waals surface area contributed by atoms with Gasteiger partial charge in [0, 0.05) is 25.0 Å². The fraction of sp³-hybridized carbons (Fsp3) is 0.500. The lowest BCUT2D eigenvalue weighted by Crippen LogP contribution is -2.23. The SMILES string of the molecule is CC(C)CN(C)c1ccc(CBr)cc1[N+](=O)[O-]. The van der Waals surface area contributed by atoms with Crippen molar-refractivity contribution in [1.29, 1.82) is 0 Å². The zero-order valence-electron chi connectivity index (χ0n) is 10.3. The number of alkyl halides is 1. The number of nitrogens with zero attached hydrogens (tertiary/aromatic N) is 2. The van der Waals surface area contributed by atoms with Crippen LogP contribution in [0.3, 0.4) is 0 Å². The average molecular weight is 301 g/mol. The number of benzene rings is 1. The van der Waals surface area contributed by atoms with Crippen molar-refractivity contribution >= 4 is 27.3 Å². The molecule has 1 aromatic rings. The van der Waals surface area contributed by atoms with Crippen LogP contribution in [0.1, 0.15) is 19.4 Å². The molecule has 94 valence electrons. The minimum atomic E-state index is -0.321. The van der Waals surface area contributed by atoms with E-state index in [2.05, 4.69) is 29.8 Å². The largest absolute Gasteiger partial charge is 0.369 e. The van der Waals surface area contributed by atoms with Crippen LogP contribution in [0.15, 0.2) is 18.2 Å². The van der Waals surface area contributed by atoms with Gasteiger partial charge in [-0.05, 0) is 17.5 Å². The van der Waals surface area contributed by atoms with E-state index in [1.807, 2.05) is 24.1 Å². The molecule has 0 spiro atoms. The molecule has 1 rings (SSSR count). The molecule has 0 saturated heterocycles. The van der Waals surface area contributed by atoms with Crippen molar-refractivity contribution in [2.24, 2.45) is 5.92 Å². The predicted octanol–water partition coefficient (Wildman–Crippen LogP) is 3.58. The van der Waals surface area contributed by atoms with Gasteiger partial charge in [-0.15, -0.1) is 0 Å². The Bertz CT molecular complexity index is 407. The normalized spacial score (nSPS) is 10.6. The molecule has 4 nitrogen and oxygen atoms in total. The summed E-state index contributed by atoms with van der Waals surface area (Å²) in [6.45, 7) is 4.98. The van der Waals surface area contributed by atoms with Crippen LogP contribution < -0.4 is 4.90 Å². The smallest absolute Gasteiger partial charge is 0.292 e. The van der Waals surface area contributed by atoms with Crippen molar-refractivity contribution in [3.05, 3.63) is 33.9 Å². The van der Waals surface area contributed by atoms with E-state index in [9.17, 15) is 10.1 Å². The first kappa shape index (κ1) is 14.0. The van der Waals surface area contributed by atoms with Gasteiger partial charge in [-0.2, -0.15) is 0 Å². The van der Waals surface area contributed by atoms with Crippen molar-refractivity contribution in [2.75, 3.05) is 18.5 Å². The number of anilines is 1. The van der Waals surface area contributed by atoms with E-state index in [0.717, 1.165) is 12.1 Å². The van der Waals surface area contributed by atoms with Crippen molar-refractivity contribution in [3.8, 4) is 0 Å². The molecule has 0 aliphatic carbocycles. The zero-order valence-corrected chi connectivity index (χ0v) is 11.9. The Kier molecular flexibility index (Phi) is 4.93. The van der Waals surface area contributed by atoms with Crippen LogP contribution in [0.5, 0.6) is 0 Å². The van der Waals surface area contributed by atoms with Crippen LogP contribution in [0, 0.1) is 16.0 Å². The van der Waals surface area contributed by atoms with E-state index in [-0.39, 0.29) is 10.6 Å². The van der Waals surface area contributed by atoms with Crippen molar-refractivity contribution in [2.45, 2.75) is 19.2 Å². The maximum Gasteiger partial charge on any atom is 0.292 e. The Morgan fingerprint density at radius 2 is 2.12 bits per heavy atom. The third-order valence-corrected chi connectivity index (χ3v) is 3.09. The van der Waals surface area contributed by atoms with E-state index >= 15 is 0 Å². The summed E-state index contributed by atoms with van der Waals surface area (Å²) in [5, 5.41) is 11.7. The van der Waals surface area contributed by atoms with Crippen LogP contribution >= 0.6 is 15.9 Å². The van der Waals surface area contributed by atoms with Crippen molar-refractivity contribution in [1.82, 2.24) is 0 Å². The summed E-state index contributed by atoms with van der Waals surface area (Å²) in [4.78, 5) is 12.7. The van der Waals surface area contributed by atoms with Gasteiger partial charge in [-0.1, -0.05) is 35.8 Å². The van der Waals surface area contributed by atoms with Gasteiger partial charge < -0.3 is 4.90 Å². The maximum atomic E-state index is 11.0. The molecule has 0 aliphatic rings. The first-order valence-electron chi connectivity index (χ1n) is 5.50. The highest BCUT2D eigenvalue weighted by atomic mass is 79.9. The van der Waals surface area contributed by atoms with Crippen LogP contribution in [0.4, 0.5) is 11.4 Å². The molecule has 0 radical (unpaired) electrons. The second kappa shape index (κ2) is 6.00. The quantitative estimate of drug-likeness (QED) is 0.474. The van der Waals surface area contributed by atoms with Gasteiger partial charge in [-0.3, -0.25) is 10.1 Å². The molecule has 1 aromatic carbocycles. The maximum absolute atomic E-state index is 11.0. The van der Waals surface area contributed by atoms with Crippen LogP contribution in [-0.2, 0) is 5.33 Å². The van der Waals surface area contributed by atoms with Gasteiger partial charge in [0.25, 0.3) is 5.69 Å². The minimum absolute atomic E-state index is 0.171. The standard InChI is InChI=1S/C12H17BrN2O2/c1-9(2)8-14(3)11-5-4-10(7-13)6-12(11)15(16)17/h4-6,9H,7-8H2,1-3H3. The summed E-state index contributed by atoms with van der Waals surface area (Å²) in [5.41, 5.74) is 1.76. The van der Waals surface area contributed by atoms with Crippen molar-refractivity contribution < 1.29 is 4.92 Å². The highest BCUT2D eigenvalue weighted by molar-refractivity contribution is 9.08. The number of halogens is 1. The van der Waals surface area contributed by atoms with Gasteiger partial charge in [0.1, 0.15) is 5.69 Å². The van der Waals surface area contributed by atoms with Crippen LogP contribution in [-0.4, -0.2) is 18.5 Å². The Labute approximate surface area is 110 Å². The molecule has 0 bridgehead atoms. The number of rotatable bonds is 5. The number of hydrogen-bond acceptors (Lipinski definition) is 3. The molecule has 0 N–H and O–H groups in total. The lowest BCUT2D eigenvalue weighted by molar-refractivity contribution is -0.384. The monoisotopic (exact) mass is 300 g/mol. The summed E-state index contributed by atoms with van der Waals surface area (Å²) in [6.07, 6.45) is 0. The predicted molar refractivity (Wildman–Crippen MR) is 73.8 cm³/mol. The second-order valence-corrected chi connectivity index (χ2v) is 5.05. The van der Waals surface area contributed by atoms with E-state index in [0.29, 0.717) is 16.9 Å². The summed E-state index contributed by atoms with van der Waals surface area (Å²) < 4.78 is 0. The topological polar surface area (TPSA) is 46.4 Å². The van der Waals surface area contributed by atoms with Crippen LogP contribution in [0.25, 0.3) is 0 Å². The van der Waals surface area contributed by atoms with Crippen LogP contribution in [0.2, 0.25) is 0 Å². The van der Waals surface area contributed by atoms with E-state index in [4.69, 9.17) is 0 Å². The molecule has 0 amide bonds. The number of nitro groups is 1. The third-order valence-electron chi connectivity index (χ3n) is 2.44. The van der Waals surface area contributed by atoms with Gasteiger partial charge in [0.2, 0.25) is 0 Å². The molecule has 17 heavy (non-hydrogen) atoms. The minimum Gasteiger partial charge on any atom is -0.369 e. The van der Waals surface area contributed by atoms with E-state index < -0.39 is 0 Å². The van der Waals surface area contributed by atoms with Gasteiger partial charge in [0.05, 0.1) is 4.92 Å². The fourth-order valence-electron chi connectivity index (χ4n) is 1.77. The second-order valence-electron chi connectivity index (χ2n) is 4.49. The van der Waals surface area contributed by atoms with Gasteiger partial charge >= 0.3 is 0 Å². The first-order chi connectivity index (χ1) is 7.95. The highest BCUT2D eigenvalue weighted by Gasteiger charge is 2.18. The fourth-order valence-corrected chi connectivity index (χ4v) is 2.12. The molecule has 0 heterocycles. The summed E-state index contributed by atoms with van der Waals surface area (Å²) in [6, 6.07) is 5.35. The third kappa shape index (κ3) is 3.70. The molecular formula is C12H17BrN2O2. The molecule has 0 saturated carbocycles. The Morgan fingerprint density at radius 3 is 2.59 bits per heavy atom. The summed E-state index contributed by atoms with van der Waals surface area (Å²) in [5.74, 6) is 0.468. The molecule has 0 aromatic heterocycles. The Hall–Kier alpha value is -1.10. The Morgan fingerprint density at radius 1 is 1.47 bits per heavy atom. The van der Waals surface area contributed by atoms with E-state index in [1.54, 1.807) is 6.07 Å². The van der Waals surface area contributed by atoms with Gasteiger partial charge in [-0.25, -0.2) is 0 Å². The lowest BCUT2D eigenvalue weighted by Gasteiger charge is -2.21. The number of nitro benzene ring substituents is 1. The molecule has 0 atom stereocenters. The zero-order chi connectivity index (χ0) is 13.0. The number of hydrogen-bond donors (Lipinski definition) is 0. The summed E-state index contributed by atoms with van der Waals surface area (Å²) >= 11 is 3.31. The molecular weight excluding hydrogens is 284 g/mol. The van der Waals surface area contributed by atoms with Crippen molar-refractivity contribution in [3.63, 3.8) is 0 Å². The molecule has 0 unspecified atom stereocenters. The summed E-state index contributed by atoms with van der Waals surface area (Å²) in [7, 11) is 1.89. The average Bonchev–Trinajstić information content (AvgIpc) is 2.27. The lowest BCUT2D eigenvalue weighted by atomic mass is 10.1.